The van der Waals surface area contributed by atoms with E-state index in [1.165, 1.54) is 17.0 Å². The van der Waals surface area contributed by atoms with Gasteiger partial charge in [0.05, 0.1) is 11.9 Å². The summed E-state index contributed by atoms with van der Waals surface area (Å²) >= 11 is 0. The smallest absolute Gasteiger partial charge is 0.244 e. The van der Waals surface area contributed by atoms with Crippen LogP contribution in [0.15, 0.2) is 42.5 Å². The van der Waals surface area contributed by atoms with E-state index in [1.807, 2.05) is 19.9 Å². The summed E-state index contributed by atoms with van der Waals surface area (Å²) in [6, 6.07) is 10.3. The standard InChI is InChI=1S/C26H36FN3O4S/c1-6-8-15-28-26(32)23(7-2)29(17-21-11-13-22(27)14-12-21)25(31)18-30(35(5,33)34)24-16-19(3)9-10-20(24)4/h9-14,16,23H,6-8,15,17-18H2,1-5H3,(H,28,32)/t23-/m1/s1. The van der Waals surface area contributed by atoms with Crippen LogP contribution in [0.2, 0.25) is 0 Å². The molecule has 1 N–H and O–H groups in total. The van der Waals surface area contributed by atoms with Crippen molar-refractivity contribution >= 4 is 27.5 Å². The molecule has 192 valence electrons. The van der Waals surface area contributed by atoms with E-state index < -0.39 is 34.3 Å². The molecule has 0 aromatic heterocycles. The van der Waals surface area contributed by atoms with Gasteiger partial charge in [-0.3, -0.25) is 13.9 Å². The number of unbranched alkanes of at least 4 members (excludes halogenated alkanes) is 1. The minimum atomic E-state index is -3.80. The molecule has 2 aromatic carbocycles. The second-order valence-corrected chi connectivity index (χ2v) is 10.7. The van der Waals surface area contributed by atoms with Crippen LogP contribution < -0.4 is 9.62 Å². The molecule has 0 saturated carbocycles. The average molecular weight is 506 g/mol. The summed E-state index contributed by atoms with van der Waals surface area (Å²) in [7, 11) is -3.80. The normalized spacial score (nSPS) is 12.2. The first kappa shape index (κ1) is 28.3. The molecule has 9 heteroatoms. The van der Waals surface area contributed by atoms with Crippen molar-refractivity contribution in [3.05, 3.63) is 65.0 Å². The maximum Gasteiger partial charge on any atom is 0.244 e. The highest BCUT2D eigenvalue weighted by Crippen LogP contribution is 2.25. The monoisotopic (exact) mass is 505 g/mol. The first-order chi connectivity index (χ1) is 16.5. The minimum Gasteiger partial charge on any atom is -0.354 e. The number of sulfonamides is 1. The summed E-state index contributed by atoms with van der Waals surface area (Å²) in [6.07, 6.45) is 3.12. The average Bonchev–Trinajstić information content (AvgIpc) is 2.79. The van der Waals surface area contributed by atoms with Gasteiger partial charge in [-0.2, -0.15) is 0 Å². The number of carbonyl (C=O) groups is 2. The molecule has 2 amide bonds. The van der Waals surface area contributed by atoms with Gasteiger partial charge in [-0.05, 0) is 61.6 Å². The molecule has 0 fully saturated rings. The fourth-order valence-corrected chi connectivity index (χ4v) is 4.69. The van der Waals surface area contributed by atoms with Gasteiger partial charge in [0, 0.05) is 13.1 Å². The van der Waals surface area contributed by atoms with Crippen molar-refractivity contribution in [3.63, 3.8) is 0 Å². The highest BCUT2D eigenvalue weighted by Gasteiger charge is 2.32. The van der Waals surface area contributed by atoms with Gasteiger partial charge in [0.1, 0.15) is 18.4 Å². The second kappa shape index (κ2) is 12.7. The first-order valence-corrected chi connectivity index (χ1v) is 13.7. The van der Waals surface area contributed by atoms with Crippen LogP contribution in [-0.2, 0) is 26.2 Å². The number of carbonyl (C=O) groups excluding carboxylic acids is 2. The largest absolute Gasteiger partial charge is 0.354 e. The molecule has 2 aromatic rings. The zero-order valence-corrected chi connectivity index (χ0v) is 22.0. The summed E-state index contributed by atoms with van der Waals surface area (Å²) in [5.74, 6) is -1.22. The van der Waals surface area contributed by atoms with Crippen molar-refractivity contribution in [2.75, 3.05) is 23.7 Å². The lowest BCUT2D eigenvalue weighted by atomic mass is 10.1. The zero-order chi connectivity index (χ0) is 26.2. The molecule has 0 unspecified atom stereocenters. The van der Waals surface area contributed by atoms with Crippen molar-refractivity contribution in [3.8, 4) is 0 Å². The number of anilines is 1. The molecular formula is C26H36FN3O4S. The van der Waals surface area contributed by atoms with E-state index in [4.69, 9.17) is 0 Å². The maximum atomic E-state index is 13.6. The number of halogens is 1. The van der Waals surface area contributed by atoms with Crippen LogP contribution in [0.1, 0.15) is 49.8 Å². The van der Waals surface area contributed by atoms with Crippen LogP contribution >= 0.6 is 0 Å². The van der Waals surface area contributed by atoms with Crippen molar-refractivity contribution in [2.24, 2.45) is 0 Å². The van der Waals surface area contributed by atoms with Crippen LogP contribution in [0.3, 0.4) is 0 Å². The third-order valence-electron chi connectivity index (χ3n) is 5.79. The molecule has 0 spiro atoms. The molecule has 2 rings (SSSR count). The Hall–Kier alpha value is -2.94. The van der Waals surface area contributed by atoms with Gasteiger partial charge in [0.25, 0.3) is 0 Å². The molecule has 0 aliphatic rings. The molecule has 35 heavy (non-hydrogen) atoms. The van der Waals surface area contributed by atoms with Gasteiger partial charge in [0.15, 0.2) is 0 Å². The predicted molar refractivity (Wildman–Crippen MR) is 137 cm³/mol. The van der Waals surface area contributed by atoms with E-state index in [0.29, 0.717) is 29.8 Å². The number of nitrogens with zero attached hydrogens (tertiary/aromatic N) is 2. The fourth-order valence-electron chi connectivity index (χ4n) is 3.80. The summed E-state index contributed by atoms with van der Waals surface area (Å²) < 4.78 is 40.0. The van der Waals surface area contributed by atoms with Crippen molar-refractivity contribution < 1.29 is 22.4 Å². The molecule has 0 radical (unpaired) electrons. The van der Waals surface area contributed by atoms with E-state index in [9.17, 15) is 22.4 Å². The number of nitrogens with one attached hydrogen (secondary N) is 1. The highest BCUT2D eigenvalue weighted by atomic mass is 32.2. The highest BCUT2D eigenvalue weighted by molar-refractivity contribution is 7.92. The van der Waals surface area contributed by atoms with Crippen LogP contribution in [0.25, 0.3) is 0 Å². The minimum absolute atomic E-state index is 0.0449. The zero-order valence-electron chi connectivity index (χ0n) is 21.2. The van der Waals surface area contributed by atoms with Gasteiger partial charge < -0.3 is 10.2 Å². The van der Waals surface area contributed by atoms with Gasteiger partial charge in [-0.25, -0.2) is 12.8 Å². The fraction of sp³-hybridized carbons (Fsp3) is 0.462. The lowest BCUT2D eigenvalue weighted by molar-refractivity contribution is -0.140. The topological polar surface area (TPSA) is 86.8 Å². The Morgan fingerprint density at radius 3 is 2.29 bits per heavy atom. The van der Waals surface area contributed by atoms with E-state index in [1.54, 1.807) is 38.1 Å². The maximum absolute atomic E-state index is 13.6. The van der Waals surface area contributed by atoms with Gasteiger partial charge in [-0.1, -0.05) is 44.5 Å². The Kier molecular flexibility index (Phi) is 10.2. The summed E-state index contributed by atoms with van der Waals surface area (Å²) in [5.41, 5.74) is 2.63. The van der Waals surface area contributed by atoms with Gasteiger partial charge in [0.2, 0.25) is 21.8 Å². The summed E-state index contributed by atoms with van der Waals surface area (Å²) in [4.78, 5) is 28.0. The SMILES string of the molecule is CCCCNC(=O)[C@@H](CC)N(Cc1ccc(F)cc1)C(=O)CN(c1cc(C)ccc1C)S(C)(=O)=O. The van der Waals surface area contributed by atoms with E-state index in [2.05, 4.69) is 5.32 Å². The number of rotatable bonds is 12. The lowest BCUT2D eigenvalue weighted by Gasteiger charge is -2.33. The third-order valence-corrected chi connectivity index (χ3v) is 6.92. The van der Waals surface area contributed by atoms with Gasteiger partial charge >= 0.3 is 0 Å². The number of amides is 2. The molecule has 7 nitrogen and oxygen atoms in total. The molecule has 0 aliphatic carbocycles. The van der Waals surface area contributed by atoms with Crippen LogP contribution in [0.4, 0.5) is 10.1 Å². The first-order valence-electron chi connectivity index (χ1n) is 11.8. The Labute approximate surface area is 208 Å². The van der Waals surface area contributed by atoms with E-state index >= 15 is 0 Å². The van der Waals surface area contributed by atoms with Gasteiger partial charge in [-0.15, -0.1) is 0 Å². The molecular weight excluding hydrogens is 469 g/mol. The molecule has 0 heterocycles. The summed E-state index contributed by atoms with van der Waals surface area (Å²) in [5, 5.41) is 2.87. The van der Waals surface area contributed by atoms with E-state index in [0.717, 1.165) is 29.0 Å². The molecule has 1 atom stereocenters. The van der Waals surface area contributed by atoms with Crippen LogP contribution in [0.5, 0.6) is 0 Å². The number of hydrogen-bond donors (Lipinski definition) is 1. The predicted octanol–water partition coefficient (Wildman–Crippen LogP) is 3.93. The molecule has 0 saturated heterocycles. The van der Waals surface area contributed by atoms with Crippen molar-refractivity contribution in [1.82, 2.24) is 10.2 Å². The Morgan fingerprint density at radius 1 is 1.06 bits per heavy atom. The number of benzene rings is 2. The van der Waals surface area contributed by atoms with Crippen LogP contribution in [0, 0.1) is 19.7 Å². The number of hydrogen-bond acceptors (Lipinski definition) is 4. The van der Waals surface area contributed by atoms with E-state index in [-0.39, 0.29) is 12.5 Å². The summed E-state index contributed by atoms with van der Waals surface area (Å²) in [6.45, 7) is 7.52. The van der Waals surface area contributed by atoms with Crippen molar-refractivity contribution in [1.29, 1.82) is 0 Å². The second-order valence-electron chi connectivity index (χ2n) is 8.78. The van der Waals surface area contributed by atoms with Crippen LogP contribution in [-0.4, -0.2) is 50.5 Å². The Morgan fingerprint density at radius 2 is 1.71 bits per heavy atom. The lowest BCUT2D eigenvalue weighted by Crippen LogP contribution is -2.52. The molecule has 0 bridgehead atoms. The third kappa shape index (κ3) is 8.06. The quantitative estimate of drug-likeness (QED) is 0.443. The molecule has 0 aliphatic heterocycles. The Bertz CT molecular complexity index is 1120. The van der Waals surface area contributed by atoms with Crippen molar-refractivity contribution in [2.45, 2.75) is 59.5 Å². The Balaban J connectivity index is 2.43. The number of aryl methyl sites for hydroxylation is 2.